The third-order valence-electron chi connectivity index (χ3n) is 6.41. The molecule has 0 aliphatic carbocycles. The molecule has 0 saturated carbocycles. The highest BCUT2D eigenvalue weighted by molar-refractivity contribution is 5.94. The number of aliphatic carboxylic acids is 6. The third kappa shape index (κ3) is 9.07. The summed E-state index contributed by atoms with van der Waals surface area (Å²) in [5, 5.41) is 58.2. The Labute approximate surface area is 234 Å². The van der Waals surface area contributed by atoms with Crippen molar-refractivity contribution in [1.82, 2.24) is 16.0 Å². The number of amides is 3. The summed E-state index contributed by atoms with van der Waals surface area (Å²) in [7, 11) is 0. The highest BCUT2D eigenvalue weighted by Crippen LogP contribution is 2.19. The fourth-order valence-electron chi connectivity index (χ4n) is 4.04. The molecule has 9 unspecified atom stereocenters. The molecule has 3 aliphatic heterocycles. The summed E-state index contributed by atoms with van der Waals surface area (Å²) in [6.45, 7) is 0. The van der Waals surface area contributed by atoms with Crippen LogP contribution in [0.1, 0.15) is 19.3 Å². The molecule has 9 atom stereocenters. The molecule has 15 N–H and O–H groups in total. The number of carbonyl (C=O) groups is 9. The van der Waals surface area contributed by atoms with Crippen molar-refractivity contribution in [2.75, 3.05) is 0 Å². The van der Waals surface area contributed by atoms with Gasteiger partial charge < -0.3 is 63.8 Å². The number of carboxylic acid groups (broad SMARTS) is 6. The molecule has 3 rings (SSSR count). The molecule has 0 aromatic rings. The van der Waals surface area contributed by atoms with Gasteiger partial charge in [0.1, 0.15) is 18.1 Å². The van der Waals surface area contributed by atoms with Gasteiger partial charge in [-0.3, -0.25) is 28.8 Å². The first-order chi connectivity index (χ1) is 19.3. The third-order valence-corrected chi connectivity index (χ3v) is 6.41. The van der Waals surface area contributed by atoms with E-state index in [1.807, 2.05) is 0 Å². The van der Waals surface area contributed by atoms with Gasteiger partial charge in [0.05, 0.1) is 35.9 Å². The summed E-state index contributed by atoms with van der Waals surface area (Å²) >= 11 is 0. The van der Waals surface area contributed by atoms with Crippen LogP contribution < -0.4 is 33.2 Å². The maximum absolute atomic E-state index is 11.1. The lowest BCUT2D eigenvalue weighted by molar-refractivity contribution is -0.155. The largest absolute Gasteiger partial charge is 0.481 e. The van der Waals surface area contributed by atoms with Gasteiger partial charge in [-0.15, -0.1) is 0 Å². The molecule has 3 saturated heterocycles. The Bertz CT molecular complexity index is 1090. The highest BCUT2D eigenvalue weighted by Gasteiger charge is 2.43. The Morgan fingerprint density at radius 1 is 0.500 bits per heavy atom. The molecular weight excluding hydrogens is 576 g/mol. The van der Waals surface area contributed by atoms with E-state index in [1.54, 1.807) is 0 Å². The van der Waals surface area contributed by atoms with Crippen molar-refractivity contribution in [2.45, 2.75) is 55.5 Å². The van der Waals surface area contributed by atoms with E-state index in [-0.39, 0.29) is 19.3 Å². The quantitative estimate of drug-likeness (QED) is 0.134. The monoisotopic (exact) mass is 606 g/mol. The first-order valence-corrected chi connectivity index (χ1v) is 11.8. The topological polar surface area (TPSA) is 389 Å². The van der Waals surface area contributed by atoms with Crippen LogP contribution in [0.4, 0.5) is 0 Å². The number of hydrogen-bond donors (Lipinski definition) is 12. The van der Waals surface area contributed by atoms with Crippen molar-refractivity contribution in [1.29, 1.82) is 0 Å². The molecule has 0 bridgehead atoms. The minimum Gasteiger partial charge on any atom is -0.481 e. The Morgan fingerprint density at radius 3 is 1.14 bits per heavy atom. The molecule has 3 aliphatic rings. The second-order valence-corrected chi connectivity index (χ2v) is 9.33. The summed E-state index contributed by atoms with van der Waals surface area (Å²) in [5.41, 5.74) is 15.9. The average molecular weight is 606 g/mol. The molecule has 0 aromatic heterocycles. The molecular formula is C21H30N6O15. The van der Waals surface area contributed by atoms with E-state index in [1.165, 1.54) is 0 Å². The summed E-state index contributed by atoms with van der Waals surface area (Å²) in [6.07, 6.45) is -0.492. The number of rotatable bonds is 6. The SMILES string of the molecule is NC1C(=O)NC(C(=O)O)CC1C(=O)O.NC1CC(C(=O)O)C(C(=O)O)NC1=O.NC1CC(C(=O)O)C(C(=O)O)NC1=O. The normalized spacial score (nSPS) is 32.1. The van der Waals surface area contributed by atoms with Crippen LogP contribution in [-0.2, 0) is 43.2 Å². The lowest BCUT2D eigenvalue weighted by atomic mass is 9.88. The lowest BCUT2D eigenvalue weighted by Gasteiger charge is -2.29. The van der Waals surface area contributed by atoms with Gasteiger partial charge in [-0.05, 0) is 19.3 Å². The Balaban J connectivity index is 0.000000315. The van der Waals surface area contributed by atoms with Gasteiger partial charge in [0.15, 0.2) is 0 Å². The van der Waals surface area contributed by atoms with Crippen LogP contribution in [0, 0.1) is 17.8 Å². The molecule has 0 radical (unpaired) electrons. The maximum Gasteiger partial charge on any atom is 0.327 e. The first kappa shape index (κ1) is 35.1. The smallest absolute Gasteiger partial charge is 0.327 e. The minimum absolute atomic E-state index is 0.155. The lowest BCUT2D eigenvalue weighted by Crippen LogP contribution is -2.59. The van der Waals surface area contributed by atoms with Crippen molar-refractivity contribution in [3.05, 3.63) is 0 Å². The van der Waals surface area contributed by atoms with Gasteiger partial charge in [-0.1, -0.05) is 0 Å². The zero-order chi connectivity index (χ0) is 32.6. The second-order valence-electron chi connectivity index (χ2n) is 9.33. The standard InChI is InChI=1S/3C7H10N2O5/c8-4-2(6(11)12)1-3(7(13)14)9-5(4)10;2*8-3-1-2(6(11)12)4(7(13)14)9-5(3)10/h3*2-4H,1,8H2,(H,9,10)(H,11,12)(H,13,14). The van der Waals surface area contributed by atoms with Crippen LogP contribution in [0.15, 0.2) is 0 Å². The Hall–Kier alpha value is -4.89. The number of carbonyl (C=O) groups excluding carboxylic acids is 3. The van der Waals surface area contributed by atoms with E-state index in [2.05, 4.69) is 16.0 Å². The Kier molecular flexibility index (Phi) is 12.3. The van der Waals surface area contributed by atoms with Crippen molar-refractivity contribution in [3.63, 3.8) is 0 Å². The fourth-order valence-corrected chi connectivity index (χ4v) is 4.04. The number of hydrogen-bond acceptors (Lipinski definition) is 12. The zero-order valence-corrected chi connectivity index (χ0v) is 21.4. The van der Waals surface area contributed by atoms with Crippen molar-refractivity contribution in [2.24, 2.45) is 35.0 Å². The maximum atomic E-state index is 11.1. The van der Waals surface area contributed by atoms with Crippen molar-refractivity contribution < 1.29 is 73.8 Å². The molecule has 0 aromatic carbocycles. The molecule has 21 heteroatoms. The molecule has 3 amide bonds. The van der Waals surface area contributed by atoms with Crippen molar-refractivity contribution in [3.8, 4) is 0 Å². The van der Waals surface area contributed by atoms with Gasteiger partial charge in [-0.2, -0.15) is 0 Å². The molecule has 3 heterocycles. The van der Waals surface area contributed by atoms with Crippen LogP contribution in [0.3, 0.4) is 0 Å². The van der Waals surface area contributed by atoms with Gasteiger partial charge in [0.25, 0.3) is 0 Å². The van der Waals surface area contributed by atoms with Crippen LogP contribution in [-0.4, -0.2) is 120 Å². The summed E-state index contributed by atoms with van der Waals surface area (Å²) < 4.78 is 0. The number of nitrogens with two attached hydrogens (primary N) is 3. The Morgan fingerprint density at radius 2 is 0.857 bits per heavy atom. The first-order valence-electron chi connectivity index (χ1n) is 11.8. The van der Waals surface area contributed by atoms with E-state index < -0.39 is 108 Å². The number of nitrogens with one attached hydrogen (secondary N) is 3. The number of carboxylic acids is 6. The van der Waals surface area contributed by atoms with E-state index >= 15 is 0 Å². The minimum atomic E-state index is -1.39. The van der Waals surface area contributed by atoms with E-state index in [0.29, 0.717) is 0 Å². The van der Waals surface area contributed by atoms with Crippen molar-refractivity contribution >= 4 is 53.5 Å². The number of piperidine rings is 3. The predicted molar refractivity (Wildman–Crippen MR) is 130 cm³/mol. The second kappa shape index (κ2) is 14.7. The average Bonchev–Trinajstić information content (AvgIpc) is 2.88. The summed E-state index contributed by atoms with van der Waals surface area (Å²) in [5.74, 6) is -13.2. The predicted octanol–water partition coefficient (Wildman–Crippen LogP) is -6.04. The van der Waals surface area contributed by atoms with E-state index in [9.17, 15) is 43.2 Å². The fraction of sp³-hybridized carbons (Fsp3) is 0.571. The summed E-state index contributed by atoms with van der Waals surface area (Å²) in [6, 6.07) is -7.02. The molecule has 21 nitrogen and oxygen atoms in total. The van der Waals surface area contributed by atoms with Gasteiger partial charge in [-0.25, -0.2) is 14.4 Å². The van der Waals surface area contributed by atoms with E-state index in [4.69, 9.17) is 47.8 Å². The van der Waals surface area contributed by atoms with Gasteiger partial charge in [0, 0.05) is 0 Å². The van der Waals surface area contributed by atoms with E-state index in [0.717, 1.165) is 0 Å². The summed E-state index contributed by atoms with van der Waals surface area (Å²) in [4.78, 5) is 96.7. The highest BCUT2D eigenvalue weighted by atomic mass is 16.4. The van der Waals surface area contributed by atoms with Crippen LogP contribution in [0.5, 0.6) is 0 Å². The van der Waals surface area contributed by atoms with Crippen LogP contribution in [0.25, 0.3) is 0 Å². The molecule has 42 heavy (non-hydrogen) atoms. The van der Waals surface area contributed by atoms with Crippen LogP contribution >= 0.6 is 0 Å². The molecule has 3 fully saturated rings. The zero-order valence-electron chi connectivity index (χ0n) is 21.4. The van der Waals surface area contributed by atoms with Crippen LogP contribution in [0.2, 0.25) is 0 Å². The molecule has 0 spiro atoms. The van der Waals surface area contributed by atoms with Gasteiger partial charge >= 0.3 is 35.8 Å². The van der Waals surface area contributed by atoms with Gasteiger partial charge in [0.2, 0.25) is 17.7 Å². The molecule has 234 valence electrons.